The molecule has 0 aliphatic carbocycles. The second kappa shape index (κ2) is 5.65. The minimum atomic E-state index is -2.85. The molecule has 0 aromatic rings. The van der Waals surface area contributed by atoms with Gasteiger partial charge in [-0.25, -0.2) is 0 Å². The average molecular weight is 236 g/mol. The van der Waals surface area contributed by atoms with Crippen molar-refractivity contribution in [2.75, 3.05) is 0 Å². The zero-order valence-electron chi connectivity index (χ0n) is 6.74. The third-order valence-corrected chi connectivity index (χ3v) is 2.77. The fourth-order valence-electron chi connectivity index (χ4n) is 0.779. The summed E-state index contributed by atoms with van der Waals surface area (Å²) in [5, 5.41) is 0. The molecule has 0 aromatic heterocycles. The van der Waals surface area contributed by atoms with Gasteiger partial charge in [0, 0.05) is 6.10 Å². The topological polar surface area (TPSA) is 9.23 Å². The summed E-state index contributed by atoms with van der Waals surface area (Å²) in [7, 11) is 0. The molecule has 1 unspecified atom stereocenters. The minimum Gasteiger partial charge on any atom is -0.378 e. The van der Waals surface area contributed by atoms with Gasteiger partial charge in [0.15, 0.2) is 0 Å². The van der Waals surface area contributed by atoms with Crippen molar-refractivity contribution in [1.82, 2.24) is 0 Å². The molecule has 0 amide bonds. The van der Waals surface area contributed by atoms with E-state index in [1.807, 2.05) is 6.92 Å². The Labute approximate surface area is 83.2 Å². The normalized spacial score (nSPS) is 15.0. The highest BCUT2D eigenvalue weighted by Crippen LogP contribution is 2.24. The van der Waals surface area contributed by atoms with Gasteiger partial charge in [-0.15, -0.1) is 0 Å². The fraction of sp³-hybridized carbons (Fsp3) is 1.00. The van der Waals surface area contributed by atoms with Crippen LogP contribution >= 0.6 is 33.2 Å². The minimum absolute atomic E-state index is 0.0779. The van der Waals surface area contributed by atoms with Crippen LogP contribution in [0.3, 0.4) is 0 Å². The van der Waals surface area contributed by atoms with Gasteiger partial charge in [-0.1, -0.05) is 53.0 Å². The van der Waals surface area contributed by atoms with E-state index in [1.165, 1.54) is 0 Å². The first-order valence-electron chi connectivity index (χ1n) is 3.70. The number of hydrogen-bond acceptors (Lipinski definition) is 1. The molecule has 0 aliphatic heterocycles. The highest BCUT2D eigenvalue weighted by atomic mass is 35.8. The Hall–Kier alpha value is 1.05. The second-order valence-electron chi connectivity index (χ2n) is 2.52. The Morgan fingerprint density at radius 2 is 1.91 bits per heavy atom. The van der Waals surface area contributed by atoms with Crippen LogP contribution in [-0.2, 0) is 4.43 Å². The highest BCUT2D eigenvalue weighted by molar-refractivity contribution is 7.62. The zero-order valence-corrected chi connectivity index (χ0v) is 10.0. The first kappa shape index (κ1) is 12.0. The lowest BCUT2D eigenvalue weighted by atomic mass is 10.2. The second-order valence-corrected chi connectivity index (χ2v) is 10.2. The Morgan fingerprint density at radius 1 is 1.36 bits per heavy atom. The van der Waals surface area contributed by atoms with E-state index in [4.69, 9.17) is 37.7 Å². The number of hydrogen-bond donors (Lipinski definition) is 0. The standard InChI is InChI=1S/C6H13Cl3OSi/c1-3-4-5-6(2)10-11(7,8)9/h6H,3-5H2,1-2H3. The predicted octanol–water partition coefficient (Wildman–Crippen LogP) is 3.73. The summed E-state index contributed by atoms with van der Waals surface area (Å²) in [5.74, 6) is 0. The van der Waals surface area contributed by atoms with E-state index in [-0.39, 0.29) is 6.10 Å². The SMILES string of the molecule is CCCCC(C)O[Si](Cl)(Cl)Cl. The van der Waals surface area contributed by atoms with Crippen LogP contribution in [0.4, 0.5) is 0 Å². The molecular weight excluding hydrogens is 223 g/mol. The summed E-state index contributed by atoms with van der Waals surface area (Å²) in [6, 6.07) is 0. The average Bonchev–Trinajstić information content (AvgIpc) is 1.79. The van der Waals surface area contributed by atoms with Crippen molar-refractivity contribution < 1.29 is 4.43 Å². The Morgan fingerprint density at radius 3 is 2.27 bits per heavy atom. The van der Waals surface area contributed by atoms with Crippen molar-refractivity contribution in [3.63, 3.8) is 0 Å². The fourth-order valence-corrected chi connectivity index (χ4v) is 2.72. The van der Waals surface area contributed by atoms with E-state index in [2.05, 4.69) is 6.92 Å². The van der Waals surface area contributed by atoms with Gasteiger partial charge in [0.05, 0.1) is 0 Å². The van der Waals surface area contributed by atoms with Gasteiger partial charge in [0.25, 0.3) is 0 Å². The summed E-state index contributed by atoms with van der Waals surface area (Å²) < 4.78 is 5.17. The summed E-state index contributed by atoms with van der Waals surface area (Å²) in [6.07, 6.45) is 0.463. The molecule has 1 nitrogen and oxygen atoms in total. The molecule has 5 heteroatoms. The van der Waals surface area contributed by atoms with Gasteiger partial charge < -0.3 is 4.43 Å². The predicted molar refractivity (Wildman–Crippen MR) is 53.4 cm³/mol. The van der Waals surface area contributed by atoms with Gasteiger partial charge >= 0.3 is 6.25 Å². The molecule has 1 atom stereocenters. The molecule has 0 saturated heterocycles. The maximum Gasteiger partial charge on any atom is 0.494 e. The maximum atomic E-state index is 5.55. The van der Waals surface area contributed by atoms with Gasteiger partial charge in [0.1, 0.15) is 0 Å². The van der Waals surface area contributed by atoms with E-state index in [1.54, 1.807) is 0 Å². The summed E-state index contributed by atoms with van der Waals surface area (Å²) in [4.78, 5) is 0. The van der Waals surface area contributed by atoms with E-state index >= 15 is 0 Å². The largest absolute Gasteiger partial charge is 0.494 e. The molecule has 0 aromatic carbocycles. The van der Waals surface area contributed by atoms with Gasteiger partial charge in [-0.2, -0.15) is 0 Å². The van der Waals surface area contributed by atoms with Crippen LogP contribution in [0.25, 0.3) is 0 Å². The van der Waals surface area contributed by atoms with Crippen molar-refractivity contribution in [1.29, 1.82) is 0 Å². The van der Waals surface area contributed by atoms with Crippen molar-refractivity contribution >= 4 is 39.5 Å². The Bertz CT molecular complexity index is 104. The number of unbranched alkanes of at least 4 members (excludes halogenated alkanes) is 1. The zero-order chi connectivity index (χ0) is 8.91. The summed E-state index contributed by atoms with van der Waals surface area (Å²) in [6.45, 7) is 4.06. The van der Waals surface area contributed by atoms with Gasteiger partial charge in [0.2, 0.25) is 0 Å². The van der Waals surface area contributed by atoms with Crippen LogP contribution < -0.4 is 0 Å². The molecule has 11 heavy (non-hydrogen) atoms. The van der Waals surface area contributed by atoms with Crippen LogP contribution in [-0.4, -0.2) is 12.4 Å². The van der Waals surface area contributed by atoms with Gasteiger partial charge in [-0.3, -0.25) is 0 Å². The number of rotatable bonds is 5. The van der Waals surface area contributed by atoms with Crippen LogP contribution in [0.15, 0.2) is 0 Å². The van der Waals surface area contributed by atoms with Crippen molar-refractivity contribution in [2.24, 2.45) is 0 Å². The maximum absolute atomic E-state index is 5.55. The molecule has 0 fully saturated rings. The lowest BCUT2D eigenvalue weighted by molar-refractivity contribution is 0.217. The number of halogens is 3. The van der Waals surface area contributed by atoms with Crippen LogP contribution in [0.2, 0.25) is 0 Å². The van der Waals surface area contributed by atoms with Crippen molar-refractivity contribution in [2.45, 2.75) is 39.2 Å². The summed E-state index contributed by atoms with van der Waals surface area (Å²) in [5.41, 5.74) is 0. The third-order valence-electron chi connectivity index (χ3n) is 1.30. The molecule has 68 valence electrons. The lowest BCUT2D eigenvalue weighted by Crippen LogP contribution is -2.23. The van der Waals surface area contributed by atoms with E-state index in [9.17, 15) is 0 Å². The monoisotopic (exact) mass is 234 g/mol. The first-order chi connectivity index (χ1) is 4.95. The van der Waals surface area contributed by atoms with E-state index in [0.29, 0.717) is 0 Å². The Balaban J connectivity index is 3.44. The van der Waals surface area contributed by atoms with E-state index in [0.717, 1.165) is 19.3 Å². The first-order valence-corrected chi connectivity index (χ1v) is 8.64. The molecule has 0 spiro atoms. The molecule has 0 rings (SSSR count). The summed E-state index contributed by atoms with van der Waals surface area (Å²) >= 11 is 16.7. The molecule has 0 bridgehead atoms. The highest BCUT2D eigenvalue weighted by Gasteiger charge is 2.29. The van der Waals surface area contributed by atoms with Crippen LogP contribution in [0.1, 0.15) is 33.1 Å². The lowest BCUT2D eigenvalue weighted by Gasteiger charge is -2.16. The van der Waals surface area contributed by atoms with Gasteiger partial charge in [-0.05, 0) is 13.3 Å². The molecule has 0 radical (unpaired) electrons. The van der Waals surface area contributed by atoms with Crippen LogP contribution in [0.5, 0.6) is 0 Å². The molecule has 0 heterocycles. The molecule has 0 aliphatic rings. The smallest absolute Gasteiger partial charge is 0.378 e. The van der Waals surface area contributed by atoms with Crippen molar-refractivity contribution in [3.8, 4) is 0 Å². The molecule has 0 N–H and O–H groups in total. The molecule has 0 saturated carbocycles. The quantitative estimate of drug-likeness (QED) is 0.521. The third kappa shape index (κ3) is 8.96. The van der Waals surface area contributed by atoms with Crippen LogP contribution in [0, 0.1) is 0 Å². The van der Waals surface area contributed by atoms with Crippen molar-refractivity contribution in [3.05, 3.63) is 0 Å². The Kier molecular flexibility index (Phi) is 6.19. The molecular formula is C6H13Cl3OSi. The van der Waals surface area contributed by atoms with E-state index < -0.39 is 6.25 Å².